The predicted molar refractivity (Wildman–Crippen MR) is 50.5 cm³/mol. The van der Waals surface area contributed by atoms with Crippen LogP contribution in [0.5, 0.6) is 0 Å². The molecule has 0 fully saturated rings. The zero-order valence-electron chi connectivity index (χ0n) is 8.39. The van der Waals surface area contributed by atoms with Crippen molar-refractivity contribution < 1.29 is 23.1 Å². The van der Waals surface area contributed by atoms with E-state index in [1.54, 1.807) is 0 Å². The molecule has 0 aromatic rings. The van der Waals surface area contributed by atoms with Crippen molar-refractivity contribution in [2.75, 3.05) is 0 Å². The molecule has 15 heavy (non-hydrogen) atoms. The molecule has 0 atom stereocenters. The molecule has 2 nitrogen and oxygen atoms in total. The Morgan fingerprint density at radius 2 is 1.73 bits per heavy atom. The normalized spacial score (nSPS) is 12.2. The molecule has 0 saturated carbocycles. The highest BCUT2D eigenvalue weighted by atomic mass is 19.4. The van der Waals surface area contributed by atoms with Crippen molar-refractivity contribution in [1.82, 2.24) is 0 Å². The van der Waals surface area contributed by atoms with Gasteiger partial charge in [-0.25, -0.2) is 0 Å². The number of hydrogen-bond acceptors (Lipinski definition) is 1. The molecule has 0 aromatic carbocycles. The maximum atomic E-state index is 11.6. The van der Waals surface area contributed by atoms with Gasteiger partial charge in [0.25, 0.3) is 0 Å². The van der Waals surface area contributed by atoms with E-state index in [-0.39, 0.29) is 12.5 Å². The lowest BCUT2D eigenvalue weighted by atomic mass is 10.1. The Morgan fingerprint density at radius 3 is 2.27 bits per heavy atom. The van der Waals surface area contributed by atoms with Crippen molar-refractivity contribution in [3.63, 3.8) is 0 Å². The lowest BCUT2D eigenvalue weighted by Gasteiger charge is -1.98. The number of aliphatic carboxylic acids is 1. The van der Waals surface area contributed by atoms with E-state index in [2.05, 4.69) is 0 Å². The van der Waals surface area contributed by atoms with Gasteiger partial charge in [-0.05, 0) is 19.3 Å². The SMILES string of the molecule is O=C(O)CCCCCC/C=C/C(F)(F)F. The van der Waals surface area contributed by atoms with E-state index >= 15 is 0 Å². The van der Waals surface area contributed by atoms with Gasteiger partial charge in [-0.15, -0.1) is 0 Å². The maximum Gasteiger partial charge on any atom is 0.409 e. The fourth-order valence-corrected chi connectivity index (χ4v) is 1.11. The molecule has 0 aliphatic carbocycles. The van der Waals surface area contributed by atoms with Crippen LogP contribution in [-0.4, -0.2) is 17.3 Å². The van der Waals surface area contributed by atoms with Crippen LogP contribution in [0.3, 0.4) is 0 Å². The van der Waals surface area contributed by atoms with Crippen LogP contribution < -0.4 is 0 Å². The zero-order valence-corrected chi connectivity index (χ0v) is 8.39. The minimum absolute atomic E-state index is 0.137. The molecule has 0 saturated heterocycles. The largest absolute Gasteiger partial charge is 0.481 e. The summed E-state index contributed by atoms with van der Waals surface area (Å²) in [7, 11) is 0. The average Bonchev–Trinajstić information content (AvgIpc) is 2.07. The molecule has 0 unspecified atom stereocenters. The van der Waals surface area contributed by atoms with E-state index in [0.29, 0.717) is 19.3 Å². The zero-order chi connectivity index (χ0) is 11.7. The second-order valence-corrected chi connectivity index (χ2v) is 3.29. The molecule has 0 heterocycles. The summed E-state index contributed by atoms with van der Waals surface area (Å²) in [5.41, 5.74) is 0. The summed E-state index contributed by atoms with van der Waals surface area (Å²) in [5, 5.41) is 8.31. The minimum Gasteiger partial charge on any atom is -0.481 e. The molecule has 0 amide bonds. The van der Waals surface area contributed by atoms with Crippen LogP contribution in [0.15, 0.2) is 12.2 Å². The summed E-state index contributed by atoms with van der Waals surface area (Å²) < 4.78 is 34.9. The van der Waals surface area contributed by atoms with E-state index in [4.69, 9.17) is 5.11 Å². The summed E-state index contributed by atoms with van der Waals surface area (Å²) in [6.07, 6.45) is 0.460. The molecular weight excluding hydrogens is 209 g/mol. The molecule has 0 spiro atoms. The fraction of sp³-hybridized carbons (Fsp3) is 0.700. The van der Waals surface area contributed by atoms with Crippen LogP contribution in [0.4, 0.5) is 13.2 Å². The van der Waals surface area contributed by atoms with E-state index in [9.17, 15) is 18.0 Å². The number of alkyl halides is 3. The first-order valence-corrected chi connectivity index (χ1v) is 4.88. The number of halogens is 3. The Morgan fingerprint density at radius 1 is 1.13 bits per heavy atom. The quantitative estimate of drug-likeness (QED) is 0.530. The molecule has 0 rings (SSSR count). The number of carboxylic acid groups (broad SMARTS) is 1. The number of unbranched alkanes of at least 4 members (excludes halogenated alkanes) is 4. The number of rotatable bonds is 7. The van der Waals surface area contributed by atoms with Crippen LogP contribution in [0.25, 0.3) is 0 Å². The predicted octanol–water partition coefficient (Wildman–Crippen LogP) is 3.53. The van der Waals surface area contributed by atoms with Crippen LogP contribution >= 0.6 is 0 Å². The highest BCUT2D eigenvalue weighted by molar-refractivity contribution is 5.66. The highest BCUT2D eigenvalue weighted by Gasteiger charge is 2.21. The number of hydrogen-bond donors (Lipinski definition) is 1. The molecule has 0 radical (unpaired) electrons. The molecule has 1 N–H and O–H groups in total. The smallest absolute Gasteiger partial charge is 0.409 e. The standard InChI is InChI=1S/C10H15F3O2/c11-10(12,13)8-6-4-2-1-3-5-7-9(14)15/h6,8H,1-5,7H2,(H,14,15)/b8-6+. The van der Waals surface area contributed by atoms with Gasteiger partial charge >= 0.3 is 12.1 Å². The van der Waals surface area contributed by atoms with Gasteiger partial charge in [0.1, 0.15) is 0 Å². The lowest BCUT2D eigenvalue weighted by Crippen LogP contribution is -2.00. The number of allylic oxidation sites excluding steroid dienone is 2. The van der Waals surface area contributed by atoms with Crippen molar-refractivity contribution in [3.8, 4) is 0 Å². The maximum absolute atomic E-state index is 11.6. The van der Waals surface area contributed by atoms with Gasteiger partial charge in [0.15, 0.2) is 0 Å². The van der Waals surface area contributed by atoms with Crippen LogP contribution in [0, 0.1) is 0 Å². The third-order valence-corrected chi connectivity index (χ3v) is 1.82. The third kappa shape index (κ3) is 13.0. The van der Waals surface area contributed by atoms with Gasteiger partial charge in [0, 0.05) is 12.5 Å². The van der Waals surface area contributed by atoms with Crippen molar-refractivity contribution in [2.24, 2.45) is 0 Å². The molecule has 0 aliphatic heterocycles. The molecule has 0 aliphatic rings. The Labute approximate surface area is 86.8 Å². The summed E-state index contributed by atoms with van der Waals surface area (Å²) >= 11 is 0. The Hall–Kier alpha value is -1.00. The van der Waals surface area contributed by atoms with E-state index in [1.165, 1.54) is 0 Å². The molecule has 5 heteroatoms. The van der Waals surface area contributed by atoms with Crippen LogP contribution in [0.1, 0.15) is 38.5 Å². The van der Waals surface area contributed by atoms with E-state index in [0.717, 1.165) is 18.9 Å². The topological polar surface area (TPSA) is 37.3 Å². The molecule has 0 aromatic heterocycles. The van der Waals surface area contributed by atoms with Crippen molar-refractivity contribution >= 4 is 5.97 Å². The van der Waals surface area contributed by atoms with Gasteiger partial charge in [-0.1, -0.05) is 18.9 Å². The fourth-order valence-electron chi connectivity index (χ4n) is 1.11. The molecule has 0 bridgehead atoms. The van der Waals surface area contributed by atoms with Crippen molar-refractivity contribution in [2.45, 2.75) is 44.7 Å². The number of carboxylic acids is 1. The van der Waals surface area contributed by atoms with E-state index in [1.807, 2.05) is 0 Å². The number of carbonyl (C=O) groups is 1. The second kappa shape index (κ2) is 7.31. The molecule has 88 valence electrons. The summed E-state index contributed by atoms with van der Waals surface area (Å²) in [5.74, 6) is -0.827. The summed E-state index contributed by atoms with van der Waals surface area (Å²) in [6.45, 7) is 0. The van der Waals surface area contributed by atoms with Crippen molar-refractivity contribution in [3.05, 3.63) is 12.2 Å². The van der Waals surface area contributed by atoms with Gasteiger partial charge in [0.2, 0.25) is 0 Å². The van der Waals surface area contributed by atoms with Gasteiger partial charge < -0.3 is 5.11 Å². The van der Waals surface area contributed by atoms with E-state index < -0.39 is 12.1 Å². The third-order valence-electron chi connectivity index (χ3n) is 1.82. The first-order chi connectivity index (χ1) is 6.92. The monoisotopic (exact) mass is 224 g/mol. The second-order valence-electron chi connectivity index (χ2n) is 3.29. The van der Waals surface area contributed by atoms with Crippen LogP contribution in [-0.2, 0) is 4.79 Å². The first kappa shape index (κ1) is 14.0. The summed E-state index contributed by atoms with van der Waals surface area (Å²) in [6, 6.07) is 0. The van der Waals surface area contributed by atoms with Crippen molar-refractivity contribution in [1.29, 1.82) is 0 Å². The highest BCUT2D eigenvalue weighted by Crippen LogP contribution is 2.16. The van der Waals surface area contributed by atoms with Gasteiger partial charge in [0.05, 0.1) is 0 Å². The lowest BCUT2D eigenvalue weighted by molar-refractivity contribution is -0.137. The Bertz CT molecular complexity index is 209. The Balaban J connectivity index is 3.26. The van der Waals surface area contributed by atoms with Gasteiger partial charge in [-0.3, -0.25) is 4.79 Å². The minimum atomic E-state index is -4.22. The van der Waals surface area contributed by atoms with Gasteiger partial charge in [-0.2, -0.15) is 13.2 Å². The summed E-state index contributed by atoms with van der Waals surface area (Å²) in [4.78, 5) is 10.1. The first-order valence-electron chi connectivity index (χ1n) is 4.88. The average molecular weight is 224 g/mol. The Kier molecular flexibility index (Phi) is 6.83. The molecular formula is C10H15F3O2. The van der Waals surface area contributed by atoms with Crippen LogP contribution in [0.2, 0.25) is 0 Å².